The number of carbonyl (C=O) groups excluding carboxylic acids is 3. The average molecular weight is 268 g/mol. The van der Waals surface area contributed by atoms with Crippen LogP contribution in [0, 0.1) is 5.82 Å². The van der Waals surface area contributed by atoms with Gasteiger partial charge in [0.2, 0.25) is 5.78 Å². The zero-order chi connectivity index (χ0) is 14.4. The summed E-state index contributed by atoms with van der Waals surface area (Å²) in [5.41, 5.74) is -0.0329. The van der Waals surface area contributed by atoms with E-state index in [-0.39, 0.29) is 17.9 Å². The van der Waals surface area contributed by atoms with E-state index in [0.717, 1.165) is 12.1 Å². The second-order valence-corrected chi connectivity index (χ2v) is 3.62. The number of halogens is 1. The molecule has 0 aromatic heterocycles. The summed E-state index contributed by atoms with van der Waals surface area (Å²) in [5, 5.41) is 0. The Labute approximate surface area is 109 Å². The first-order valence-corrected chi connectivity index (χ1v) is 5.55. The normalized spacial score (nSPS) is 9.84. The van der Waals surface area contributed by atoms with Gasteiger partial charge in [-0.2, -0.15) is 0 Å². The Bertz CT molecular complexity index is 510. The second kappa shape index (κ2) is 6.63. The molecule has 0 fully saturated rings. The van der Waals surface area contributed by atoms with Gasteiger partial charge in [0.1, 0.15) is 11.6 Å². The number of esters is 1. The summed E-state index contributed by atoms with van der Waals surface area (Å²) >= 11 is 0. The Morgan fingerprint density at radius 3 is 2.47 bits per heavy atom. The van der Waals surface area contributed by atoms with Gasteiger partial charge in [-0.3, -0.25) is 9.59 Å². The molecule has 19 heavy (non-hydrogen) atoms. The minimum atomic E-state index is -1.07. The number of methoxy groups -OCH3 is 1. The summed E-state index contributed by atoms with van der Waals surface area (Å²) in [6.45, 7) is 1.59. The summed E-state index contributed by atoms with van der Waals surface area (Å²) in [6.07, 6.45) is -0.661. The van der Waals surface area contributed by atoms with Crippen molar-refractivity contribution in [1.29, 1.82) is 0 Å². The zero-order valence-electron chi connectivity index (χ0n) is 10.6. The van der Waals surface area contributed by atoms with Crippen molar-refractivity contribution >= 4 is 17.5 Å². The maximum absolute atomic E-state index is 13.2. The topological polar surface area (TPSA) is 69.7 Å². The van der Waals surface area contributed by atoms with E-state index < -0.39 is 29.8 Å². The van der Waals surface area contributed by atoms with Gasteiger partial charge in [-0.25, -0.2) is 9.18 Å². The van der Waals surface area contributed by atoms with Gasteiger partial charge in [0.25, 0.3) is 0 Å². The largest absolute Gasteiger partial charge is 0.497 e. The number of Topliss-reactive ketones (excluding diaryl/α,β-unsaturated/α-hetero) is 2. The summed E-state index contributed by atoms with van der Waals surface area (Å²) in [6, 6.07) is 3.37. The van der Waals surface area contributed by atoms with E-state index in [1.807, 2.05) is 0 Å². The maximum atomic E-state index is 13.2. The summed E-state index contributed by atoms with van der Waals surface area (Å²) in [7, 11) is 1.33. The van der Waals surface area contributed by atoms with Gasteiger partial charge < -0.3 is 9.47 Å². The lowest BCUT2D eigenvalue weighted by molar-refractivity contribution is -0.153. The molecule has 1 aromatic carbocycles. The third kappa shape index (κ3) is 4.17. The summed E-state index contributed by atoms with van der Waals surface area (Å²) in [4.78, 5) is 34.1. The molecule has 0 saturated heterocycles. The van der Waals surface area contributed by atoms with E-state index in [0.29, 0.717) is 0 Å². The molecule has 0 radical (unpaired) electrons. The van der Waals surface area contributed by atoms with Crippen molar-refractivity contribution < 1.29 is 28.2 Å². The number of hydrogen-bond acceptors (Lipinski definition) is 5. The lowest BCUT2D eigenvalue weighted by Gasteiger charge is -2.04. The van der Waals surface area contributed by atoms with Crippen LogP contribution in [0.5, 0.6) is 5.75 Å². The smallest absolute Gasteiger partial charge is 0.375 e. The van der Waals surface area contributed by atoms with Crippen molar-refractivity contribution in [3.8, 4) is 5.75 Å². The molecule has 0 bridgehead atoms. The molecule has 0 atom stereocenters. The van der Waals surface area contributed by atoms with Crippen LogP contribution < -0.4 is 4.74 Å². The maximum Gasteiger partial charge on any atom is 0.375 e. The van der Waals surface area contributed by atoms with Crippen LogP contribution in [0.4, 0.5) is 4.39 Å². The lowest BCUT2D eigenvalue weighted by Crippen LogP contribution is -2.20. The highest BCUT2D eigenvalue weighted by molar-refractivity contribution is 6.38. The van der Waals surface area contributed by atoms with E-state index in [9.17, 15) is 18.8 Å². The van der Waals surface area contributed by atoms with Crippen LogP contribution in [-0.4, -0.2) is 31.3 Å². The molecule has 0 amide bonds. The first kappa shape index (κ1) is 14.8. The highest BCUT2D eigenvalue weighted by Gasteiger charge is 2.20. The van der Waals surface area contributed by atoms with Gasteiger partial charge in [-0.05, 0) is 19.1 Å². The fourth-order valence-corrected chi connectivity index (χ4v) is 1.37. The molecule has 0 heterocycles. The molecule has 0 aliphatic carbocycles. The number of ether oxygens (including phenoxy) is 2. The third-order valence-corrected chi connectivity index (χ3v) is 2.25. The summed E-state index contributed by atoms with van der Waals surface area (Å²) in [5.74, 6) is -3.21. The summed E-state index contributed by atoms with van der Waals surface area (Å²) < 4.78 is 22.5. The van der Waals surface area contributed by atoms with E-state index in [1.165, 1.54) is 13.2 Å². The first-order valence-electron chi connectivity index (χ1n) is 5.55. The molecule has 5 nitrogen and oxygen atoms in total. The molecular weight excluding hydrogens is 255 g/mol. The van der Waals surface area contributed by atoms with Crippen molar-refractivity contribution in [2.75, 3.05) is 13.7 Å². The van der Waals surface area contributed by atoms with Gasteiger partial charge in [0.05, 0.1) is 20.1 Å². The molecule has 0 saturated carbocycles. The monoisotopic (exact) mass is 268 g/mol. The van der Waals surface area contributed by atoms with E-state index in [2.05, 4.69) is 4.74 Å². The Morgan fingerprint density at radius 2 is 1.89 bits per heavy atom. The van der Waals surface area contributed by atoms with E-state index in [4.69, 9.17) is 4.74 Å². The lowest BCUT2D eigenvalue weighted by atomic mass is 10.1. The van der Waals surface area contributed by atoms with Crippen LogP contribution in [0.15, 0.2) is 18.2 Å². The highest BCUT2D eigenvalue weighted by atomic mass is 19.1. The Hall–Kier alpha value is -2.24. The predicted molar refractivity (Wildman–Crippen MR) is 63.5 cm³/mol. The molecule has 102 valence electrons. The fourth-order valence-electron chi connectivity index (χ4n) is 1.37. The van der Waals surface area contributed by atoms with Crippen LogP contribution in [0.1, 0.15) is 23.7 Å². The van der Waals surface area contributed by atoms with Crippen LogP contribution in [0.25, 0.3) is 0 Å². The zero-order valence-corrected chi connectivity index (χ0v) is 10.6. The molecule has 0 aliphatic rings. The molecule has 1 rings (SSSR count). The molecule has 6 heteroatoms. The SMILES string of the molecule is CCOC(=O)C(=O)CC(=O)c1cc(F)cc(OC)c1. The first-order chi connectivity index (χ1) is 8.97. The molecule has 0 unspecified atom stereocenters. The minimum absolute atomic E-state index is 0.0329. The van der Waals surface area contributed by atoms with Crippen LogP contribution >= 0.6 is 0 Å². The number of ketones is 2. The number of benzene rings is 1. The third-order valence-electron chi connectivity index (χ3n) is 2.25. The van der Waals surface area contributed by atoms with Gasteiger partial charge in [-0.1, -0.05) is 0 Å². The Kier molecular flexibility index (Phi) is 5.17. The van der Waals surface area contributed by atoms with E-state index >= 15 is 0 Å². The van der Waals surface area contributed by atoms with Crippen LogP contribution in [-0.2, 0) is 14.3 Å². The molecule has 0 N–H and O–H groups in total. The van der Waals surface area contributed by atoms with Crippen LogP contribution in [0.3, 0.4) is 0 Å². The van der Waals surface area contributed by atoms with E-state index in [1.54, 1.807) is 6.92 Å². The predicted octanol–water partition coefficient (Wildman–Crippen LogP) is 1.54. The Morgan fingerprint density at radius 1 is 1.21 bits per heavy atom. The number of rotatable bonds is 6. The van der Waals surface area contributed by atoms with Crippen molar-refractivity contribution in [3.05, 3.63) is 29.6 Å². The standard InChI is InChI=1S/C13H13FO5/c1-3-19-13(17)12(16)7-11(15)8-4-9(14)6-10(5-8)18-2/h4-6H,3,7H2,1-2H3. The van der Waals surface area contributed by atoms with Crippen molar-refractivity contribution in [2.24, 2.45) is 0 Å². The van der Waals surface area contributed by atoms with Crippen molar-refractivity contribution in [2.45, 2.75) is 13.3 Å². The number of hydrogen-bond donors (Lipinski definition) is 0. The van der Waals surface area contributed by atoms with Gasteiger partial charge in [-0.15, -0.1) is 0 Å². The number of carbonyl (C=O) groups is 3. The van der Waals surface area contributed by atoms with Gasteiger partial charge in [0, 0.05) is 11.6 Å². The van der Waals surface area contributed by atoms with Gasteiger partial charge >= 0.3 is 5.97 Å². The quantitative estimate of drug-likeness (QED) is 0.339. The molecule has 0 spiro atoms. The van der Waals surface area contributed by atoms with Gasteiger partial charge in [0.15, 0.2) is 5.78 Å². The van der Waals surface area contributed by atoms with Crippen LogP contribution in [0.2, 0.25) is 0 Å². The average Bonchev–Trinajstić information content (AvgIpc) is 2.38. The molecule has 1 aromatic rings. The molecule has 0 aliphatic heterocycles. The highest BCUT2D eigenvalue weighted by Crippen LogP contribution is 2.17. The van der Waals surface area contributed by atoms with Crippen molar-refractivity contribution in [1.82, 2.24) is 0 Å². The fraction of sp³-hybridized carbons (Fsp3) is 0.308. The minimum Gasteiger partial charge on any atom is -0.497 e. The Balaban J connectivity index is 2.81. The second-order valence-electron chi connectivity index (χ2n) is 3.62. The molecular formula is C13H13FO5. The van der Waals surface area contributed by atoms with Crippen molar-refractivity contribution in [3.63, 3.8) is 0 Å².